The highest BCUT2D eigenvalue weighted by atomic mass is 35.5. The number of hydrogen-bond donors (Lipinski definition) is 1. The third-order valence-electron chi connectivity index (χ3n) is 2.63. The number of nitrogens with zero attached hydrogens (tertiary/aromatic N) is 1. The molecule has 0 aromatic rings. The van der Waals surface area contributed by atoms with Crippen LogP contribution in [0.1, 0.15) is 6.92 Å². The van der Waals surface area contributed by atoms with E-state index in [-0.39, 0.29) is 17.7 Å². The standard InChI is InChI=1S/C10H10ClNO5S/c1-4(13)17-2-5-3-18-9-6(11)8(14)12(9)7(5)10(15)16/h6,9H,2-3H2,1H3,(H,15,16)/t6-,9+/m0/s1. The fourth-order valence-electron chi connectivity index (χ4n) is 1.80. The Balaban J connectivity index is 2.26. The largest absolute Gasteiger partial charge is 0.477 e. The molecule has 1 N–H and O–H groups in total. The van der Waals surface area contributed by atoms with E-state index < -0.39 is 23.2 Å². The molecule has 0 aromatic carbocycles. The van der Waals surface area contributed by atoms with E-state index in [0.29, 0.717) is 11.3 Å². The quantitative estimate of drug-likeness (QED) is 0.461. The van der Waals surface area contributed by atoms with Crippen LogP contribution in [0.5, 0.6) is 0 Å². The number of aliphatic carboxylic acids is 1. The first-order valence-electron chi connectivity index (χ1n) is 5.11. The van der Waals surface area contributed by atoms with Gasteiger partial charge >= 0.3 is 11.9 Å². The van der Waals surface area contributed by atoms with Crippen LogP contribution in [-0.2, 0) is 19.1 Å². The molecule has 0 bridgehead atoms. The molecule has 2 atom stereocenters. The van der Waals surface area contributed by atoms with Gasteiger partial charge in [-0.3, -0.25) is 14.5 Å². The van der Waals surface area contributed by atoms with E-state index in [1.54, 1.807) is 0 Å². The Morgan fingerprint density at radius 2 is 2.28 bits per heavy atom. The van der Waals surface area contributed by atoms with E-state index in [1.165, 1.54) is 18.7 Å². The molecule has 0 aromatic heterocycles. The van der Waals surface area contributed by atoms with Crippen LogP contribution in [0.3, 0.4) is 0 Å². The highest BCUT2D eigenvalue weighted by Gasteiger charge is 2.52. The Morgan fingerprint density at radius 1 is 1.61 bits per heavy atom. The van der Waals surface area contributed by atoms with Crippen LogP contribution < -0.4 is 0 Å². The minimum Gasteiger partial charge on any atom is -0.477 e. The normalized spacial score (nSPS) is 26.6. The van der Waals surface area contributed by atoms with Crippen LogP contribution in [0.4, 0.5) is 0 Å². The fraction of sp³-hybridized carbons (Fsp3) is 0.500. The van der Waals surface area contributed by atoms with Crippen molar-refractivity contribution in [1.82, 2.24) is 4.90 Å². The first-order valence-corrected chi connectivity index (χ1v) is 6.59. The van der Waals surface area contributed by atoms with E-state index in [1.807, 2.05) is 0 Å². The number of carboxylic acids is 1. The van der Waals surface area contributed by atoms with E-state index in [2.05, 4.69) is 0 Å². The number of β-lactam (4-membered cyclic amide) rings is 1. The molecule has 1 fully saturated rings. The number of esters is 1. The second-order valence-electron chi connectivity index (χ2n) is 3.85. The lowest BCUT2D eigenvalue weighted by Gasteiger charge is -2.46. The molecule has 2 aliphatic rings. The number of ether oxygens (including phenoxy) is 1. The lowest BCUT2D eigenvalue weighted by Crippen LogP contribution is -2.62. The monoisotopic (exact) mass is 291 g/mol. The predicted octanol–water partition coefficient (Wildman–Crippen LogP) is 0.411. The smallest absolute Gasteiger partial charge is 0.352 e. The van der Waals surface area contributed by atoms with Gasteiger partial charge in [0.25, 0.3) is 0 Å². The molecule has 2 rings (SSSR count). The molecule has 1 saturated heterocycles. The number of carbonyl (C=O) groups is 3. The van der Waals surface area contributed by atoms with E-state index in [0.717, 1.165) is 4.90 Å². The third-order valence-corrected chi connectivity index (χ3v) is 4.55. The van der Waals surface area contributed by atoms with E-state index >= 15 is 0 Å². The van der Waals surface area contributed by atoms with Crippen molar-refractivity contribution in [3.63, 3.8) is 0 Å². The second kappa shape index (κ2) is 4.81. The molecule has 0 saturated carbocycles. The Hall–Kier alpha value is -1.21. The number of rotatable bonds is 3. The van der Waals surface area contributed by atoms with Crippen LogP contribution >= 0.6 is 23.4 Å². The molecule has 0 aliphatic carbocycles. The van der Waals surface area contributed by atoms with Gasteiger partial charge in [-0.05, 0) is 0 Å². The zero-order chi connectivity index (χ0) is 13.4. The maximum absolute atomic E-state index is 11.6. The maximum Gasteiger partial charge on any atom is 0.352 e. The summed E-state index contributed by atoms with van der Waals surface area (Å²) in [5.41, 5.74) is 0.303. The highest BCUT2D eigenvalue weighted by molar-refractivity contribution is 8.00. The van der Waals surface area contributed by atoms with Crippen LogP contribution in [0.15, 0.2) is 11.3 Å². The van der Waals surface area contributed by atoms with Crippen molar-refractivity contribution in [2.24, 2.45) is 0 Å². The molecule has 2 aliphatic heterocycles. The summed E-state index contributed by atoms with van der Waals surface area (Å²) in [6, 6.07) is 0. The number of hydrogen-bond acceptors (Lipinski definition) is 5. The number of carboxylic acid groups (broad SMARTS) is 1. The van der Waals surface area contributed by atoms with Gasteiger partial charge in [0.1, 0.15) is 23.1 Å². The molecule has 0 spiro atoms. The lowest BCUT2D eigenvalue weighted by molar-refractivity contribution is -0.146. The number of alkyl halides is 1. The molecular weight excluding hydrogens is 282 g/mol. The minimum atomic E-state index is -1.21. The molecule has 6 nitrogen and oxygen atoms in total. The molecule has 2 heterocycles. The zero-order valence-corrected chi connectivity index (χ0v) is 11.0. The minimum absolute atomic E-state index is 0.109. The average Bonchev–Trinajstić information content (AvgIpc) is 2.33. The van der Waals surface area contributed by atoms with Crippen LogP contribution in [0.2, 0.25) is 0 Å². The van der Waals surface area contributed by atoms with Crippen molar-refractivity contribution in [2.75, 3.05) is 12.4 Å². The van der Waals surface area contributed by atoms with Crippen molar-refractivity contribution in [3.8, 4) is 0 Å². The predicted molar refractivity (Wildman–Crippen MR) is 64.0 cm³/mol. The Kier molecular flexibility index (Phi) is 3.54. The van der Waals surface area contributed by atoms with Crippen LogP contribution in [0.25, 0.3) is 0 Å². The summed E-state index contributed by atoms with van der Waals surface area (Å²) < 4.78 is 4.79. The second-order valence-corrected chi connectivity index (χ2v) is 5.42. The van der Waals surface area contributed by atoms with Gasteiger partial charge in [-0.25, -0.2) is 4.79 Å². The first-order chi connectivity index (χ1) is 8.43. The van der Waals surface area contributed by atoms with Gasteiger partial charge in [-0.2, -0.15) is 0 Å². The summed E-state index contributed by atoms with van der Waals surface area (Å²) >= 11 is 7.17. The fourth-order valence-corrected chi connectivity index (χ4v) is 3.47. The van der Waals surface area contributed by atoms with Gasteiger partial charge in [0.2, 0.25) is 5.91 Å². The lowest BCUT2D eigenvalue weighted by atomic mass is 10.1. The third kappa shape index (κ3) is 2.08. The van der Waals surface area contributed by atoms with Crippen molar-refractivity contribution in [3.05, 3.63) is 11.3 Å². The van der Waals surface area contributed by atoms with E-state index in [4.69, 9.17) is 21.4 Å². The average molecular weight is 292 g/mol. The molecular formula is C10H10ClNO5S. The Bertz CT molecular complexity index is 463. The first kappa shape index (κ1) is 13.2. The topological polar surface area (TPSA) is 83.9 Å². The highest BCUT2D eigenvalue weighted by Crippen LogP contribution is 2.42. The number of fused-ring (bicyclic) bond motifs is 1. The van der Waals surface area contributed by atoms with Gasteiger partial charge < -0.3 is 9.84 Å². The van der Waals surface area contributed by atoms with Crippen molar-refractivity contribution < 1.29 is 24.2 Å². The summed E-state index contributed by atoms with van der Waals surface area (Å²) in [7, 11) is 0. The summed E-state index contributed by atoms with van der Waals surface area (Å²) in [6.07, 6.45) is 0. The molecule has 8 heteroatoms. The molecule has 18 heavy (non-hydrogen) atoms. The summed E-state index contributed by atoms with van der Waals surface area (Å²) in [6.45, 7) is 1.12. The van der Waals surface area contributed by atoms with Crippen molar-refractivity contribution in [2.45, 2.75) is 17.7 Å². The zero-order valence-electron chi connectivity index (χ0n) is 9.38. The van der Waals surface area contributed by atoms with E-state index in [9.17, 15) is 14.4 Å². The Labute approximate surface area is 112 Å². The molecule has 0 radical (unpaired) electrons. The SMILES string of the molecule is CC(=O)OCC1=C(C(=O)O)N2C(=O)[C@H](Cl)[C@H]2SC1. The number of carbonyl (C=O) groups excluding carboxylic acids is 2. The summed E-state index contributed by atoms with van der Waals surface area (Å²) in [5, 5.41) is 8.13. The van der Waals surface area contributed by atoms with Crippen molar-refractivity contribution in [1.29, 1.82) is 0 Å². The maximum atomic E-state index is 11.6. The molecule has 98 valence electrons. The Morgan fingerprint density at radius 3 is 2.83 bits per heavy atom. The number of amides is 1. The van der Waals surface area contributed by atoms with Gasteiger partial charge in [0.05, 0.1) is 0 Å². The van der Waals surface area contributed by atoms with Gasteiger partial charge in [-0.1, -0.05) is 0 Å². The summed E-state index contributed by atoms with van der Waals surface area (Å²) in [4.78, 5) is 34.7. The number of halogens is 1. The summed E-state index contributed by atoms with van der Waals surface area (Å²) in [5.74, 6) is -1.75. The number of thioether (sulfide) groups is 1. The molecule has 0 unspecified atom stereocenters. The molecule has 1 amide bonds. The van der Waals surface area contributed by atoms with Gasteiger partial charge in [0.15, 0.2) is 0 Å². The van der Waals surface area contributed by atoms with Crippen LogP contribution in [0, 0.1) is 0 Å². The van der Waals surface area contributed by atoms with Crippen molar-refractivity contribution >= 4 is 41.2 Å². The van der Waals surface area contributed by atoms with Gasteiger partial charge in [-0.15, -0.1) is 23.4 Å². The van der Waals surface area contributed by atoms with Crippen LogP contribution in [-0.4, -0.2) is 51.0 Å². The van der Waals surface area contributed by atoms with Gasteiger partial charge in [0, 0.05) is 18.2 Å².